The average molecular weight is 418 g/mol. The number of thioether (sulfide) groups is 1. The molecule has 1 saturated heterocycles. The molecule has 0 radical (unpaired) electrons. The predicted octanol–water partition coefficient (Wildman–Crippen LogP) is 4.69. The number of aromatic nitrogens is 1. The molecule has 4 rings (SSSR count). The number of nitriles is 1. The summed E-state index contributed by atoms with van der Waals surface area (Å²) in [5.74, 6) is 0.404. The maximum atomic E-state index is 12.3. The molecular weight excluding hydrogens is 394 g/mol. The molecular formula is C23H23N5OS. The molecule has 2 fully saturated rings. The fourth-order valence-electron chi connectivity index (χ4n) is 3.99. The van der Waals surface area contributed by atoms with Gasteiger partial charge in [0.2, 0.25) is 11.6 Å². The highest BCUT2D eigenvalue weighted by Crippen LogP contribution is 2.51. The number of hydrogen-bond acceptors (Lipinski definition) is 5. The van der Waals surface area contributed by atoms with Crippen LogP contribution in [0, 0.1) is 17.9 Å². The molecule has 1 atom stereocenters. The lowest BCUT2D eigenvalue weighted by molar-refractivity contribution is -0.117. The Morgan fingerprint density at radius 1 is 1.27 bits per heavy atom. The smallest absolute Gasteiger partial charge is 0.235 e. The Hall–Kier alpha value is -3.03. The molecule has 2 aromatic rings. The molecule has 0 spiro atoms. The van der Waals surface area contributed by atoms with Crippen LogP contribution in [0.15, 0.2) is 35.4 Å². The van der Waals surface area contributed by atoms with Gasteiger partial charge < -0.3 is 10.6 Å². The molecule has 30 heavy (non-hydrogen) atoms. The van der Waals surface area contributed by atoms with E-state index in [-0.39, 0.29) is 5.92 Å². The molecule has 1 aromatic heterocycles. The van der Waals surface area contributed by atoms with Crippen molar-refractivity contribution in [1.29, 1.82) is 5.26 Å². The van der Waals surface area contributed by atoms with Gasteiger partial charge in [0.05, 0.1) is 12.1 Å². The summed E-state index contributed by atoms with van der Waals surface area (Å²) in [4.78, 5) is 23.1. The monoisotopic (exact) mass is 417 g/mol. The topological polar surface area (TPSA) is 87.4 Å². The first kappa shape index (κ1) is 20.3. The lowest BCUT2D eigenvalue weighted by atomic mass is 10.0. The summed E-state index contributed by atoms with van der Waals surface area (Å²) in [7, 11) is 0. The summed E-state index contributed by atoms with van der Waals surface area (Å²) < 4.78 is 0. The van der Waals surface area contributed by atoms with Gasteiger partial charge in [0.25, 0.3) is 0 Å². The number of hydrogen-bond donors (Lipinski definition) is 1. The number of benzene rings is 1. The second-order valence-electron chi connectivity index (χ2n) is 7.73. The van der Waals surface area contributed by atoms with Gasteiger partial charge in [-0.1, -0.05) is 42.1 Å². The third-order valence-corrected chi connectivity index (χ3v) is 6.87. The lowest BCUT2D eigenvalue weighted by Crippen LogP contribution is -2.30. The molecule has 1 aromatic carbocycles. The molecule has 152 valence electrons. The minimum Gasteiger partial charge on any atom is -0.368 e. The van der Waals surface area contributed by atoms with E-state index in [9.17, 15) is 10.1 Å². The van der Waals surface area contributed by atoms with E-state index in [2.05, 4.69) is 15.8 Å². The number of piperidine rings is 1. The summed E-state index contributed by atoms with van der Waals surface area (Å²) in [5.41, 5.74) is 8.25. The van der Waals surface area contributed by atoms with Gasteiger partial charge in [-0.05, 0) is 49.1 Å². The lowest BCUT2D eigenvalue weighted by Gasteiger charge is -2.30. The van der Waals surface area contributed by atoms with E-state index in [0.717, 1.165) is 49.9 Å². The van der Waals surface area contributed by atoms with Crippen LogP contribution in [-0.2, 0) is 4.79 Å². The first-order valence-corrected chi connectivity index (χ1v) is 11.1. The average Bonchev–Trinajstić information content (AvgIpc) is 3.62. The molecule has 7 heteroatoms. The Labute approximate surface area is 180 Å². The molecule has 1 saturated carbocycles. The number of primary amides is 1. The zero-order chi connectivity index (χ0) is 21.1. The summed E-state index contributed by atoms with van der Waals surface area (Å²) >= 11 is 1.22. The van der Waals surface area contributed by atoms with Crippen molar-refractivity contribution in [3.05, 3.63) is 58.4 Å². The Morgan fingerprint density at radius 3 is 2.53 bits per heavy atom. The van der Waals surface area contributed by atoms with Crippen LogP contribution in [0.4, 0.5) is 11.5 Å². The summed E-state index contributed by atoms with van der Waals surface area (Å²) in [5, 5.41) is 9.84. The van der Waals surface area contributed by atoms with E-state index in [4.69, 9.17) is 17.3 Å². The van der Waals surface area contributed by atoms with Crippen LogP contribution in [0.25, 0.3) is 4.85 Å². The summed E-state index contributed by atoms with van der Waals surface area (Å²) in [6.45, 7) is 9.53. The van der Waals surface area contributed by atoms with Gasteiger partial charge in [0.1, 0.15) is 22.2 Å². The minimum atomic E-state index is -0.647. The maximum absolute atomic E-state index is 12.3. The van der Waals surface area contributed by atoms with Gasteiger partial charge in [-0.25, -0.2) is 9.83 Å². The van der Waals surface area contributed by atoms with Gasteiger partial charge in [0, 0.05) is 13.1 Å². The van der Waals surface area contributed by atoms with E-state index < -0.39 is 11.2 Å². The minimum absolute atomic E-state index is 0.221. The number of carbonyl (C=O) groups excluding carboxylic acids is 1. The Bertz CT molecular complexity index is 1030. The molecule has 2 heterocycles. The predicted molar refractivity (Wildman–Crippen MR) is 117 cm³/mol. The SMILES string of the molecule is [C-]#[N+]c1c(N2CCCCC2)nc(SC(C(N)=O)c2ccccc2)c(C#N)c1C1CC1. The Kier molecular flexibility index (Phi) is 5.92. The number of amides is 1. The highest BCUT2D eigenvalue weighted by atomic mass is 32.2. The van der Waals surface area contributed by atoms with Crippen LogP contribution in [0.1, 0.15) is 60.0 Å². The van der Waals surface area contributed by atoms with Crippen LogP contribution in [0.5, 0.6) is 0 Å². The van der Waals surface area contributed by atoms with Crippen molar-refractivity contribution < 1.29 is 4.79 Å². The maximum Gasteiger partial charge on any atom is 0.235 e. The van der Waals surface area contributed by atoms with Crippen LogP contribution in [0.3, 0.4) is 0 Å². The van der Waals surface area contributed by atoms with Crippen molar-refractivity contribution in [2.24, 2.45) is 5.73 Å². The van der Waals surface area contributed by atoms with Crippen LogP contribution in [0.2, 0.25) is 0 Å². The van der Waals surface area contributed by atoms with Crippen molar-refractivity contribution in [1.82, 2.24) is 4.98 Å². The van der Waals surface area contributed by atoms with E-state index in [1.165, 1.54) is 18.2 Å². The molecule has 1 aliphatic heterocycles. The van der Waals surface area contributed by atoms with E-state index in [0.29, 0.717) is 22.1 Å². The molecule has 6 nitrogen and oxygen atoms in total. The molecule has 2 N–H and O–H groups in total. The fraction of sp³-hybridized carbons (Fsp3) is 0.391. The number of pyridine rings is 1. The van der Waals surface area contributed by atoms with Gasteiger partial charge in [-0.15, -0.1) is 0 Å². The van der Waals surface area contributed by atoms with Gasteiger partial charge in [-0.3, -0.25) is 4.79 Å². The largest absolute Gasteiger partial charge is 0.368 e. The third-order valence-electron chi connectivity index (χ3n) is 5.61. The fourth-order valence-corrected chi connectivity index (χ4v) is 5.03. The second-order valence-corrected chi connectivity index (χ2v) is 8.83. The number of nitrogens with zero attached hydrogens (tertiary/aromatic N) is 4. The number of rotatable bonds is 6. The number of carbonyl (C=O) groups is 1. The van der Waals surface area contributed by atoms with Crippen LogP contribution in [-0.4, -0.2) is 24.0 Å². The van der Waals surface area contributed by atoms with Crippen molar-refractivity contribution in [3.8, 4) is 6.07 Å². The van der Waals surface area contributed by atoms with Gasteiger partial charge >= 0.3 is 0 Å². The summed E-state index contributed by atoms with van der Waals surface area (Å²) in [6, 6.07) is 11.6. The van der Waals surface area contributed by atoms with Gasteiger partial charge in [-0.2, -0.15) is 5.26 Å². The van der Waals surface area contributed by atoms with E-state index in [1.54, 1.807) is 0 Å². The quantitative estimate of drug-likeness (QED) is 0.544. The first-order chi connectivity index (χ1) is 14.6. The zero-order valence-corrected chi connectivity index (χ0v) is 17.5. The molecule has 1 aliphatic carbocycles. The zero-order valence-electron chi connectivity index (χ0n) is 16.7. The second kappa shape index (κ2) is 8.77. The molecule has 2 aliphatic rings. The summed E-state index contributed by atoms with van der Waals surface area (Å²) in [6.07, 6.45) is 5.25. The van der Waals surface area contributed by atoms with Gasteiger partial charge in [0.15, 0.2) is 0 Å². The normalized spacial score (nSPS) is 17.1. The van der Waals surface area contributed by atoms with Crippen molar-refractivity contribution in [3.63, 3.8) is 0 Å². The number of nitrogens with two attached hydrogens (primary N) is 1. The highest BCUT2D eigenvalue weighted by Gasteiger charge is 2.35. The Balaban J connectivity index is 1.84. The molecule has 1 unspecified atom stereocenters. The Morgan fingerprint density at radius 2 is 1.97 bits per heavy atom. The standard InChI is InChI=1S/C23H23N5OS/c1-26-19-18(15-10-11-15)17(14-24)23(27-22(19)28-12-6-3-7-13-28)30-20(21(25)29)16-8-4-2-5-9-16/h2,4-5,8-9,15,20H,3,6-7,10-13H2,(H2,25,29). The third kappa shape index (κ3) is 3.99. The van der Waals surface area contributed by atoms with Crippen LogP contribution < -0.4 is 10.6 Å². The highest BCUT2D eigenvalue weighted by molar-refractivity contribution is 8.00. The van der Waals surface area contributed by atoms with Crippen molar-refractivity contribution >= 4 is 29.2 Å². The van der Waals surface area contributed by atoms with Crippen molar-refractivity contribution in [2.75, 3.05) is 18.0 Å². The van der Waals surface area contributed by atoms with Crippen LogP contribution >= 0.6 is 11.8 Å². The first-order valence-electron chi connectivity index (χ1n) is 10.2. The molecule has 1 amide bonds. The molecule has 0 bridgehead atoms. The van der Waals surface area contributed by atoms with E-state index in [1.807, 2.05) is 30.3 Å². The number of anilines is 1. The van der Waals surface area contributed by atoms with Crippen molar-refractivity contribution in [2.45, 2.75) is 48.3 Å². The van der Waals surface area contributed by atoms with E-state index >= 15 is 0 Å².